The van der Waals surface area contributed by atoms with Gasteiger partial charge < -0.3 is 32.3 Å². The fraction of sp³-hybridized carbons (Fsp3) is 0.875. The molecule has 11 atom stereocenters. The Balaban J connectivity index is 1.32. The average molecular weight is 559 g/mol. The number of terminal acetylenes is 1. The summed E-state index contributed by atoms with van der Waals surface area (Å²) in [6.07, 6.45) is 15.0. The zero-order valence-corrected chi connectivity index (χ0v) is 24.9. The first-order valence-electron chi connectivity index (χ1n) is 15.8. The number of carbonyl (C=O) groups is 2. The van der Waals surface area contributed by atoms with Crippen molar-refractivity contribution in [2.45, 2.75) is 122 Å². The molecule has 0 aromatic heterocycles. The van der Waals surface area contributed by atoms with Crippen LogP contribution in [0.2, 0.25) is 0 Å². The Morgan fingerprint density at radius 1 is 1.10 bits per heavy atom. The van der Waals surface area contributed by atoms with Gasteiger partial charge >= 0.3 is 0 Å². The third-order valence-corrected chi connectivity index (χ3v) is 11.6. The van der Waals surface area contributed by atoms with E-state index in [4.69, 9.17) is 17.9 Å². The summed E-state index contributed by atoms with van der Waals surface area (Å²) in [5.74, 6) is 5.43. The van der Waals surface area contributed by atoms with E-state index in [0.717, 1.165) is 38.5 Å². The summed E-state index contributed by atoms with van der Waals surface area (Å²) in [7, 11) is 0. The molecule has 2 amide bonds. The van der Waals surface area contributed by atoms with Crippen LogP contribution in [0.15, 0.2) is 0 Å². The summed E-state index contributed by atoms with van der Waals surface area (Å²) < 4.78 is 0. The maximum absolute atomic E-state index is 12.9. The number of nitrogens with two attached hydrogens (primary N) is 2. The van der Waals surface area contributed by atoms with Crippen molar-refractivity contribution in [2.24, 2.45) is 58.3 Å². The standard InChI is InChI=1S/C32H54N4O4/c1-5-16-35-30(40)26(13-15-32(4,33)34)36-28(39)11-6-19(2)22-7-8-24-23(22)9-10-25-29(24)27(38)18-20-17-21(37)12-14-31(20,25)3/h1,19-27,29,37-38H,6-18,33-34H2,2-4H3,(H,35,40)(H,36,39). The molecule has 4 rings (SSSR count). The molecule has 0 aromatic rings. The van der Waals surface area contributed by atoms with E-state index >= 15 is 0 Å². The van der Waals surface area contributed by atoms with E-state index < -0.39 is 11.7 Å². The quantitative estimate of drug-likeness (QED) is 0.179. The van der Waals surface area contributed by atoms with Crippen LogP contribution < -0.4 is 22.1 Å². The average Bonchev–Trinajstić information content (AvgIpc) is 3.33. The molecule has 8 N–H and O–H groups in total. The summed E-state index contributed by atoms with van der Waals surface area (Å²) in [5.41, 5.74) is 11.1. The number of hydrogen-bond donors (Lipinski definition) is 6. The van der Waals surface area contributed by atoms with Crippen molar-refractivity contribution >= 4 is 11.8 Å². The molecule has 0 heterocycles. The van der Waals surface area contributed by atoms with E-state index in [1.165, 1.54) is 19.3 Å². The maximum atomic E-state index is 12.9. The number of aliphatic hydroxyl groups excluding tert-OH is 2. The van der Waals surface area contributed by atoms with Crippen LogP contribution in [0.3, 0.4) is 0 Å². The van der Waals surface area contributed by atoms with Gasteiger partial charge in [0.25, 0.3) is 0 Å². The number of fused-ring (bicyclic) bond motifs is 5. The Labute approximate surface area is 241 Å². The van der Waals surface area contributed by atoms with E-state index in [1.54, 1.807) is 6.92 Å². The van der Waals surface area contributed by atoms with Gasteiger partial charge in [-0.15, -0.1) is 6.42 Å². The minimum absolute atomic E-state index is 0.104. The van der Waals surface area contributed by atoms with Crippen LogP contribution in [0.1, 0.15) is 97.8 Å². The lowest BCUT2D eigenvalue weighted by molar-refractivity contribution is -0.158. The van der Waals surface area contributed by atoms with Gasteiger partial charge in [-0.2, -0.15) is 0 Å². The van der Waals surface area contributed by atoms with Crippen LogP contribution in [0.5, 0.6) is 0 Å². The summed E-state index contributed by atoms with van der Waals surface area (Å²) >= 11 is 0. The van der Waals surface area contributed by atoms with Crippen LogP contribution >= 0.6 is 0 Å². The van der Waals surface area contributed by atoms with E-state index in [9.17, 15) is 19.8 Å². The minimum Gasteiger partial charge on any atom is -0.393 e. The molecule has 4 fully saturated rings. The fourth-order valence-electron chi connectivity index (χ4n) is 9.45. The van der Waals surface area contributed by atoms with Gasteiger partial charge in [0.15, 0.2) is 0 Å². The van der Waals surface area contributed by atoms with Crippen LogP contribution in [0.25, 0.3) is 0 Å². The summed E-state index contributed by atoms with van der Waals surface area (Å²) in [6, 6.07) is -0.715. The molecule has 11 unspecified atom stereocenters. The molecule has 0 saturated heterocycles. The van der Waals surface area contributed by atoms with Crippen LogP contribution in [-0.2, 0) is 9.59 Å². The first kappa shape index (κ1) is 31.3. The lowest BCUT2D eigenvalue weighted by atomic mass is 9.46. The van der Waals surface area contributed by atoms with Crippen molar-refractivity contribution in [1.82, 2.24) is 10.6 Å². The van der Waals surface area contributed by atoms with Gasteiger partial charge in [-0.25, -0.2) is 0 Å². The number of nitrogens with one attached hydrogen (secondary N) is 2. The summed E-state index contributed by atoms with van der Waals surface area (Å²) in [4.78, 5) is 25.5. The van der Waals surface area contributed by atoms with Gasteiger partial charge in [-0.05, 0) is 124 Å². The van der Waals surface area contributed by atoms with E-state index in [0.29, 0.717) is 60.7 Å². The van der Waals surface area contributed by atoms with Gasteiger partial charge in [0.1, 0.15) is 6.04 Å². The molecule has 226 valence electrons. The third-order valence-electron chi connectivity index (χ3n) is 11.6. The van der Waals surface area contributed by atoms with Crippen LogP contribution in [0, 0.1) is 59.2 Å². The number of amides is 2. The summed E-state index contributed by atoms with van der Waals surface area (Å²) in [6.45, 7) is 6.52. The SMILES string of the molecule is C#CCNC(=O)C(CCC(C)(N)N)NC(=O)CCC(C)C1CCC2C1CCC1C2C(O)CC2CC(O)CCC21C. The van der Waals surface area contributed by atoms with Gasteiger partial charge in [-0.3, -0.25) is 9.59 Å². The number of hydrogen-bond acceptors (Lipinski definition) is 6. The number of aliphatic hydroxyl groups is 2. The smallest absolute Gasteiger partial charge is 0.243 e. The lowest BCUT2D eigenvalue weighted by Gasteiger charge is -2.60. The predicted octanol–water partition coefficient (Wildman–Crippen LogP) is 2.65. The predicted molar refractivity (Wildman–Crippen MR) is 156 cm³/mol. The Morgan fingerprint density at radius 3 is 2.52 bits per heavy atom. The molecule has 4 saturated carbocycles. The highest BCUT2D eigenvalue weighted by atomic mass is 16.3. The second kappa shape index (κ2) is 12.7. The number of carbonyl (C=O) groups excluding carboxylic acids is 2. The molecule has 0 aliphatic heterocycles. The van der Waals surface area contributed by atoms with Crippen molar-refractivity contribution < 1.29 is 19.8 Å². The van der Waals surface area contributed by atoms with Gasteiger partial charge in [0.05, 0.1) is 24.4 Å². The number of rotatable bonds is 10. The highest BCUT2D eigenvalue weighted by Gasteiger charge is 2.59. The second-order valence-corrected chi connectivity index (χ2v) is 14.4. The fourth-order valence-corrected chi connectivity index (χ4v) is 9.45. The lowest BCUT2D eigenvalue weighted by Crippen LogP contribution is -2.56. The molecule has 4 aliphatic carbocycles. The van der Waals surface area contributed by atoms with Gasteiger partial charge in [-0.1, -0.05) is 19.8 Å². The monoisotopic (exact) mass is 558 g/mol. The molecule has 0 radical (unpaired) electrons. The molecule has 40 heavy (non-hydrogen) atoms. The van der Waals surface area contributed by atoms with E-state index in [1.807, 2.05) is 0 Å². The minimum atomic E-state index is -0.926. The van der Waals surface area contributed by atoms with Crippen molar-refractivity contribution in [3.63, 3.8) is 0 Å². The Bertz CT molecular complexity index is 944. The molecule has 0 bridgehead atoms. The van der Waals surface area contributed by atoms with Gasteiger partial charge in [0.2, 0.25) is 11.8 Å². The highest BCUT2D eigenvalue weighted by molar-refractivity contribution is 5.87. The highest BCUT2D eigenvalue weighted by Crippen LogP contribution is 2.64. The first-order chi connectivity index (χ1) is 18.8. The maximum Gasteiger partial charge on any atom is 0.243 e. The zero-order chi connectivity index (χ0) is 29.2. The molecule has 0 aromatic carbocycles. The first-order valence-corrected chi connectivity index (χ1v) is 15.8. The van der Waals surface area contributed by atoms with Crippen molar-refractivity contribution in [2.75, 3.05) is 6.54 Å². The van der Waals surface area contributed by atoms with Crippen molar-refractivity contribution in [3.8, 4) is 12.3 Å². The van der Waals surface area contributed by atoms with E-state index in [-0.39, 0.29) is 36.0 Å². The normalized spacial score (nSPS) is 38.6. The molecule has 8 heteroatoms. The molecule has 0 spiro atoms. The van der Waals surface area contributed by atoms with Crippen LogP contribution in [-0.4, -0.2) is 52.5 Å². The largest absolute Gasteiger partial charge is 0.393 e. The van der Waals surface area contributed by atoms with Gasteiger partial charge in [0, 0.05) is 6.42 Å². The topological polar surface area (TPSA) is 151 Å². The molecular weight excluding hydrogens is 504 g/mol. The third kappa shape index (κ3) is 6.86. The van der Waals surface area contributed by atoms with Crippen molar-refractivity contribution in [3.05, 3.63) is 0 Å². The Hall–Kier alpha value is -1.66. The summed E-state index contributed by atoms with van der Waals surface area (Å²) in [5, 5.41) is 27.2. The Morgan fingerprint density at radius 2 is 1.82 bits per heavy atom. The zero-order valence-electron chi connectivity index (χ0n) is 24.9. The van der Waals surface area contributed by atoms with E-state index in [2.05, 4.69) is 30.4 Å². The second-order valence-electron chi connectivity index (χ2n) is 14.4. The molecule has 8 nitrogen and oxygen atoms in total. The molecular formula is C32H54N4O4. The van der Waals surface area contributed by atoms with Crippen LogP contribution in [0.4, 0.5) is 0 Å². The Kier molecular flexibility index (Phi) is 9.92. The van der Waals surface area contributed by atoms with Crippen molar-refractivity contribution in [1.29, 1.82) is 0 Å². The molecule has 4 aliphatic rings.